The first kappa shape index (κ1) is 13.0. The molecule has 0 aromatic carbocycles. The van der Waals surface area contributed by atoms with Crippen LogP contribution < -0.4 is 0 Å². The van der Waals surface area contributed by atoms with Crippen LogP contribution in [0.5, 0.6) is 0 Å². The minimum absolute atomic E-state index is 0.116. The molecule has 0 heterocycles. The van der Waals surface area contributed by atoms with Gasteiger partial charge in [0.25, 0.3) is 0 Å². The molecule has 0 unspecified atom stereocenters. The average Bonchev–Trinajstić information content (AvgIpc) is 2.14. The highest BCUT2D eigenvalue weighted by Gasteiger charge is 2.13. The van der Waals surface area contributed by atoms with Crippen molar-refractivity contribution in [2.45, 2.75) is 6.92 Å². The third kappa shape index (κ3) is 5.64. The van der Waals surface area contributed by atoms with Gasteiger partial charge in [0.2, 0.25) is 0 Å². The highest BCUT2D eigenvalue weighted by atomic mass is 35.5. The zero-order valence-electron chi connectivity index (χ0n) is 8.29. The van der Waals surface area contributed by atoms with Crippen molar-refractivity contribution in [3.63, 3.8) is 0 Å². The summed E-state index contributed by atoms with van der Waals surface area (Å²) in [6, 6.07) is 0. The maximum Gasteiger partial charge on any atom is 0.410 e. The fraction of sp³-hybridized carbons (Fsp3) is 0.750. The standard InChI is InChI=1S/C8H14ClNO4/c1-3-13-7(11)6-10(2)8(12)14-5-4-9/h3-6H2,1-2H3. The van der Waals surface area contributed by atoms with Crippen LogP contribution in [0.1, 0.15) is 6.92 Å². The SMILES string of the molecule is CCOC(=O)CN(C)C(=O)OCCCl. The number of ether oxygens (including phenoxy) is 2. The van der Waals surface area contributed by atoms with E-state index in [1.165, 1.54) is 7.05 Å². The molecule has 0 rings (SSSR count). The summed E-state index contributed by atoms with van der Waals surface area (Å²) in [4.78, 5) is 23.1. The molecule has 6 heteroatoms. The van der Waals surface area contributed by atoms with Crippen molar-refractivity contribution >= 4 is 23.7 Å². The van der Waals surface area contributed by atoms with Gasteiger partial charge in [0.15, 0.2) is 0 Å². The molecule has 0 spiro atoms. The van der Waals surface area contributed by atoms with Gasteiger partial charge in [-0.3, -0.25) is 4.79 Å². The number of rotatable bonds is 5. The van der Waals surface area contributed by atoms with Gasteiger partial charge in [-0.15, -0.1) is 11.6 Å². The zero-order valence-corrected chi connectivity index (χ0v) is 9.04. The quantitative estimate of drug-likeness (QED) is 0.512. The Morgan fingerprint density at radius 3 is 2.50 bits per heavy atom. The molecule has 0 bridgehead atoms. The number of halogens is 1. The van der Waals surface area contributed by atoms with E-state index in [1.54, 1.807) is 6.92 Å². The van der Waals surface area contributed by atoms with E-state index in [4.69, 9.17) is 11.6 Å². The molecular formula is C8H14ClNO4. The van der Waals surface area contributed by atoms with E-state index < -0.39 is 12.1 Å². The predicted octanol–water partition coefficient (Wildman–Crippen LogP) is 0.857. The number of carbonyl (C=O) groups excluding carboxylic acids is 2. The van der Waals surface area contributed by atoms with Crippen LogP contribution in [0.3, 0.4) is 0 Å². The van der Waals surface area contributed by atoms with E-state index in [-0.39, 0.29) is 19.0 Å². The number of likely N-dealkylation sites (N-methyl/N-ethyl adjacent to an activating group) is 1. The van der Waals surface area contributed by atoms with Gasteiger partial charge in [0.05, 0.1) is 12.5 Å². The number of hydrogen-bond acceptors (Lipinski definition) is 4. The van der Waals surface area contributed by atoms with Crippen molar-refractivity contribution in [3.8, 4) is 0 Å². The summed E-state index contributed by atoms with van der Waals surface area (Å²) in [5.41, 5.74) is 0. The number of nitrogens with zero attached hydrogens (tertiary/aromatic N) is 1. The Labute approximate surface area is 87.9 Å². The predicted molar refractivity (Wildman–Crippen MR) is 51.3 cm³/mol. The van der Waals surface area contributed by atoms with Gasteiger partial charge in [0, 0.05) is 7.05 Å². The van der Waals surface area contributed by atoms with Crippen LogP contribution in [0.15, 0.2) is 0 Å². The highest BCUT2D eigenvalue weighted by molar-refractivity contribution is 6.18. The summed E-state index contributed by atoms with van der Waals surface area (Å²) in [7, 11) is 1.45. The second-order valence-electron chi connectivity index (χ2n) is 2.46. The molecule has 5 nitrogen and oxygen atoms in total. The number of amides is 1. The van der Waals surface area contributed by atoms with Crippen molar-refractivity contribution in [3.05, 3.63) is 0 Å². The average molecular weight is 224 g/mol. The van der Waals surface area contributed by atoms with Crippen molar-refractivity contribution in [2.75, 3.05) is 32.7 Å². The van der Waals surface area contributed by atoms with Gasteiger partial charge in [-0.1, -0.05) is 0 Å². The monoisotopic (exact) mass is 223 g/mol. The lowest BCUT2D eigenvalue weighted by atomic mass is 10.6. The number of carbonyl (C=O) groups is 2. The largest absolute Gasteiger partial charge is 0.465 e. The van der Waals surface area contributed by atoms with Crippen LogP contribution in [0.25, 0.3) is 0 Å². The number of alkyl halides is 1. The van der Waals surface area contributed by atoms with Gasteiger partial charge < -0.3 is 14.4 Å². The van der Waals surface area contributed by atoms with Gasteiger partial charge in [-0.2, -0.15) is 0 Å². The van der Waals surface area contributed by atoms with Crippen LogP contribution >= 0.6 is 11.6 Å². The van der Waals surface area contributed by atoms with Gasteiger partial charge in [0.1, 0.15) is 13.2 Å². The molecule has 0 aromatic heterocycles. The minimum Gasteiger partial charge on any atom is -0.465 e. The van der Waals surface area contributed by atoms with E-state index >= 15 is 0 Å². The summed E-state index contributed by atoms with van der Waals surface area (Å²) in [5, 5.41) is 0. The van der Waals surface area contributed by atoms with Gasteiger partial charge in [-0.05, 0) is 6.92 Å². The molecule has 0 radical (unpaired) electrons. The summed E-state index contributed by atoms with van der Waals surface area (Å²) in [5.74, 6) is -0.225. The van der Waals surface area contributed by atoms with Crippen LogP contribution in [0.2, 0.25) is 0 Å². The molecule has 0 saturated carbocycles. The summed E-state index contributed by atoms with van der Waals surface area (Å²) in [6.45, 7) is 2.01. The maximum absolute atomic E-state index is 11.1. The van der Waals surface area contributed by atoms with Crippen molar-refractivity contribution < 1.29 is 19.1 Å². The first-order chi connectivity index (χ1) is 6.61. The molecule has 0 aliphatic rings. The Bertz CT molecular complexity index is 198. The van der Waals surface area contributed by atoms with Crippen LogP contribution in [0, 0.1) is 0 Å². The Balaban J connectivity index is 3.76. The van der Waals surface area contributed by atoms with E-state index in [1.807, 2.05) is 0 Å². The van der Waals surface area contributed by atoms with Crippen LogP contribution in [-0.2, 0) is 14.3 Å². The van der Waals surface area contributed by atoms with Crippen molar-refractivity contribution in [1.82, 2.24) is 4.90 Å². The molecule has 0 fully saturated rings. The lowest BCUT2D eigenvalue weighted by Gasteiger charge is -2.15. The fourth-order valence-corrected chi connectivity index (χ4v) is 0.778. The third-order valence-corrected chi connectivity index (χ3v) is 1.44. The lowest BCUT2D eigenvalue weighted by Crippen LogP contribution is -2.33. The molecular weight excluding hydrogens is 210 g/mol. The maximum atomic E-state index is 11.1. The molecule has 0 N–H and O–H groups in total. The zero-order chi connectivity index (χ0) is 11.0. The van der Waals surface area contributed by atoms with E-state index in [9.17, 15) is 9.59 Å². The molecule has 0 saturated heterocycles. The second-order valence-corrected chi connectivity index (χ2v) is 2.84. The molecule has 1 amide bonds. The highest BCUT2D eigenvalue weighted by Crippen LogP contribution is 1.92. The first-order valence-corrected chi connectivity index (χ1v) is 4.74. The Morgan fingerprint density at radius 2 is 2.00 bits per heavy atom. The van der Waals surface area contributed by atoms with Crippen LogP contribution in [-0.4, -0.2) is 49.6 Å². The first-order valence-electron chi connectivity index (χ1n) is 4.21. The van der Waals surface area contributed by atoms with Crippen molar-refractivity contribution in [1.29, 1.82) is 0 Å². The van der Waals surface area contributed by atoms with E-state index in [0.29, 0.717) is 6.61 Å². The molecule has 0 aliphatic carbocycles. The minimum atomic E-state index is -0.585. The third-order valence-electron chi connectivity index (χ3n) is 1.29. The summed E-state index contributed by atoms with van der Waals surface area (Å²) < 4.78 is 9.33. The Morgan fingerprint density at radius 1 is 1.36 bits per heavy atom. The second kappa shape index (κ2) is 7.44. The molecule has 0 aliphatic heterocycles. The van der Waals surface area contributed by atoms with Crippen LogP contribution in [0.4, 0.5) is 4.79 Å². The molecule has 0 aromatic rings. The topological polar surface area (TPSA) is 55.8 Å². The fourth-order valence-electron chi connectivity index (χ4n) is 0.701. The Hall–Kier alpha value is -0.970. The summed E-state index contributed by atoms with van der Waals surface area (Å²) in [6.07, 6.45) is -0.585. The number of hydrogen-bond donors (Lipinski definition) is 0. The molecule has 14 heavy (non-hydrogen) atoms. The van der Waals surface area contributed by atoms with Crippen molar-refractivity contribution in [2.24, 2.45) is 0 Å². The molecule has 0 atom stereocenters. The molecule has 82 valence electrons. The lowest BCUT2D eigenvalue weighted by molar-refractivity contribution is -0.143. The van der Waals surface area contributed by atoms with E-state index in [0.717, 1.165) is 4.90 Å². The normalized spacial score (nSPS) is 9.36. The number of esters is 1. The van der Waals surface area contributed by atoms with Gasteiger partial charge >= 0.3 is 12.1 Å². The van der Waals surface area contributed by atoms with Gasteiger partial charge in [-0.25, -0.2) is 4.79 Å². The summed E-state index contributed by atoms with van der Waals surface area (Å²) >= 11 is 5.32. The Kier molecular flexibility index (Phi) is 6.92. The smallest absolute Gasteiger partial charge is 0.410 e. The van der Waals surface area contributed by atoms with E-state index in [2.05, 4.69) is 9.47 Å².